The van der Waals surface area contributed by atoms with Gasteiger partial charge in [-0.25, -0.2) is 9.97 Å². The lowest BCUT2D eigenvalue weighted by Crippen LogP contribution is -2.35. The predicted molar refractivity (Wildman–Crippen MR) is 81.6 cm³/mol. The number of halogens is 3. The monoisotopic (exact) mass is 340 g/mol. The van der Waals surface area contributed by atoms with Gasteiger partial charge in [-0.2, -0.15) is 13.2 Å². The number of hydrogen-bond donors (Lipinski definition) is 0. The number of aryl methyl sites for hydroxylation is 2. The summed E-state index contributed by atoms with van der Waals surface area (Å²) >= 11 is 0. The summed E-state index contributed by atoms with van der Waals surface area (Å²) in [5, 5.41) is 8.06. The van der Waals surface area contributed by atoms with E-state index in [9.17, 15) is 13.2 Å². The van der Waals surface area contributed by atoms with Crippen molar-refractivity contribution in [3.63, 3.8) is 0 Å². The van der Waals surface area contributed by atoms with Crippen molar-refractivity contribution >= 4 is 5.95 Å². The van der Waals surface area contributed by atoms with Crippen LogP contribution in [0.5, 0.6) is 0 Å². The third kappa shape index (κ3) is 4.01. The van der Waals surface area contributed by atoms with Crippen LogP contribution in [0.3, 0.4) is 0 Å². The highest BCUT2D eigenvalue weighted by Crippen LogP contribution is 2.28. The van der Waals surface area contributed by atoms with Crippen molar-refractivity contribution in [1.82, 2.24) is 24.7 Å². The first kappa shape index (κ1) is 16.7. The van der Waals surface area contributed by atoms with E-state index in [0.717, 1.165) is 31.8 Å². The minimum Gasteiger partial charge on any atom is -0.341 e. The fourth-order valence-corrected chi connectivity index (χ4v) is 2.95. The van der Waals surface area contributed by atoms with Crippen molar-refractivity contribution in [3.8, 4) is 0 Å². The molecular weight excluding hydrogens is 321 g/mol. The topological polar surface area (TPSA) is 59.7 Å². The maximum absolute atomic E-state index is 12.3. The molecule has 24 heavy (non-hydrogen) atoms. The summed E-state index contributed by atoms with van der Waals surface area (Å²) in [5.74, 6) is 1.81. The molecule has 0 N–H and O–H groups in total. The Kier molecular flexibility index (Phi) is 4.68. The van der Waals surface area contributed by atoms with Gasteiger partial charge in [0.05, 0.1) is 0 Å². The molecule has 0 radical (unpaired) electrons. The van der Waals surface area contributed by atoms with Crippen LogP contribution in [-0.2, 0) is 13.5 Å². The summed E-state index contributed by atoms with van der Waals surface area (Å²) in [6, 6.07) is 1.54. The van der Waals surface area contributed by atoms with Crippen molar-refractivity contribution in [3.05, 3.63) is 30.1 Å². The Hall–Kier alpha value is -2.19. The molecule has 2 aromatic heterocycles. The molecule has 0 amide bonds. The second kappa shape index (κ2) is 6.74. The lowest BCUT2D eigenvalue weighted by Gasteiger charge is -2.31. The van der Waals surface area contributed by atoms with Gasteiger partial charge in [-0.05, 0) is 25.3 Å². The van der Waals surface area contributed by atoms with Crippen LogP contribution in [0.1, 0.15) is 36.7 Å². The van der Waals surface area contributed by atoms with Crippen LogP contribution in [0.4, 0.5) is 19.1 Å². The van der Waals surface area contributed by atoms with Crippen LogP contribution in [0, 0.1) is 0 Å². The molecule has 130 valence electrons. The Labute approximate surface area is 137 Å². The van der Waals surface area contributed by atoms with Gasteiger partial charge in [0, 0.05) is 44.4 Å². The van der Waals surface area contributed by atoms with Gasteiger partial charge in [0.15, 0.2) is 0 Å². The molecule has 0 atom stereocenters. The highest BCUT2D eigenvalue weighted by Gasteiger charge is 2.28. The van der Waals surface area contributed by atoms with E-state index < -0.39 is 12.6 Å². The van der Waals surface area contributed by atoms with E-state index in [0.29, 0.717) is 17.6 Å². The summed E-state index contributed by atoms with van der Waals surface area (Å²) in [6.45, 7) is 1.50. The van der Waals surface area contributed by atoms with E-state index in [-0.39, 0.29) is 6.42 Å². The number of piperidine rings is 1. The third-order valence-corrected chi connectivity index (χ3v) is 4.25. The molecule has 0 unspecified atom stereocenters. The van der Waals surface area contributed by atoms with Crippen molar-refractivity contribution in [2.45, 2.75) is 37.8 Å². The summed E-state index contributed by atoms with van der Waals surface area (Å²) in [7, 11) is 1.93. The van der Waals surface area contributed by atoms with Crippen molar-refractivity contribution in [2.75, 3.05) is 18.0 Å². The lowest BCUT2D eigenvalue weighted by atomic mass is 9.96. The standard InChI is InChI=1S/C15H19F3N6/c1-23-10-20-22-13(23)11-4-8-24(9-5-11)14-19-7-3-12(21-14)2-6-15(16,17)18/h3,7,10-11H,2,4-6,8-9H2,1H3. The molecule has 0 bridgehead atoms. The number of anilines is 1. The molecular formula is C15H19F3N6. The second-order valence-electron chi connectivity index (χ2n) is 6.02. The van der Waals surface area contributed by atoms with Crippen molar-refractivity contribution in [2.24, 2.45) is 7.05 Å². The first-order chi connectivity index (χ1) is 11.4. The molecule has 1 aliphatic heterocycles. The lowest BCUT2D eigenvalue weighted by molar-refractivity contribution is -0.134. The first-order valence-electron chi connectivity index (χ1n) is 7.90. The maximum atomic E-state index is 12.3. The predicted octanol–water partition coefficient (Wildman–Crippen LogP) is 2.48. The average Bonchev–Trinajstić information content (AvgIpc) is 2.99. The van der Waals surface area contributed by atoms with E-state index in [4.69, 9.17) is 0 Å². The smallest absolute Gasteiger partial charge is 0.341 e. The summed E-state index contributed by atoms with van der Waals surface area (Å²) in [4.78, 5) is 10.5. The zero-order valence-electron chi connectivity index (χ0n) is 13.4. The van der Waals surface area contributed by atoms with Gasteiger partial charge in [-0.1, -0.05) is 0 Å². The van der Waals surface area contributed by atoms with Crippen LogP contribution in [0.25, 0.3) is 0 Å². The third-order valence-electron chi connectivity index (χ3n) is 4.25. The number of hydrogen-bond acceptors (Lipinski definition) is 5. The zero-order valence-corrected chi connectivity index (χ0v) is 13.4. The molecule has 0 spiro atoms. The van der Waals surface area contributed by atoms with Crippen LogP contribution < -0.4 is 4.90 Å². The van der Waals surface area contributed by atoms with Gasteiger partial charge < -0.3 is 9.47 Å². The quantitative estimate of drug-likeness (QED) is 0.856. The number of aromatic nitrogens is 5. The molecule has 0 aromatic carbocycles. The van der Waals surface area contributed by atoms with Crippen LogP contribution in [0.15, 0.2) is 18.6 Å². The molecule has 6 nitrogen and oxygen atoms in total. The van der Waals surface area contributed by atoms with Gasteiger partial charge in [-0.3, -0.25) is 0 Å². The molecule has 1 saturated heterocycles. The Bertz CT molecular complexity index is 676. The Morgan fingerprint density at radius 2 is 2.00 bits per heavy atom. The highest BCUT2D eigenvalue weighted by molar-refractivity contribution is 5.31. The van der Waals surface area contributed by atoms with Crippen LogP contribution in [-0.4, -0.2) is 44.0 Å². The fourth-order valence-electron chi connectivity index (χ4n) is 2.95. The van der Waals surface area contributed by atoms with Gasteiger partial charge in [0.2, 0.25) is 5.95 Å². The number of rotatable bonds is 4. The average molecular weight is 340 g/mol. The summed E-state index contributed by atoms with van der Waals surface area (Å²) in [5.41, 5.74) is 0.424. The normalized spacial score (nSPS) is 16.6. The molecule has 3 rings (SSSR count). The van der Waals surface area contributed by atoms with Gasteiger partial charge >= 0.3 is 6.18 Å². The second-order valence-corrected chi connectivity index (χ2v) is 6.02. The minimum absolute atomic E-state index is 0.117. The molecule has 1 fully saturated rings. The summed E-state index contributed by atoms with van der Waals surface area (Å²) < 4.78 is 38.9. The number of alkyl halides is 3. The number of nitrogens with zero attached hydrogens (tertiary/aromatic N) is 6. The van der Waals surface area contributed by atoms with Gasteiger partial charge in [0.1, 0.15) is 12.2 Å². The molecule has 9 heteroatoms. The zero-order chi connectivity index (χ0) is 17.2. The van der Waals surface area contributed by atoms with Crippen LogP contribution in [0.2, 0.25) is 0 Å². The van der Waals surface area contributed by atoms with Gasteiger partial charge in [0.25, 0.3) is 0 Å². The minimum atomic E-state index is -4.17. The fraction of sp³-hybridized carbons (Fsp3) is 0.600. The SMILES string of the molecule is Cn1cnnc1C1CCN(c2nccc(CCC(F)(F)F)n2)CC1. The molecule has 3 heterocycles. The van der Waals surface area contributed by atoms with E-state index in [1.807, 2.05) is 16.5 Å². The van der Waals surface area contributed by atoms with E-state index in [2.05, 4.69) is 20.2 Å². The van der Waals surface area contributed by atoms with Gasteiger partial charge in [-0.15, -0.1) is 10.2 Å². The van der Waals surface area contributed by atoms with Crippen LogP contribution >= 0.6 is 0 Å². The largest absolute Gasteiger partial charge is 0.389 e. The molecule has 0 aliphatic carbocycles. The van der Waals surface area contributed by atoms with E-state index in [1.54, 1.807) is 12.4 Å². The molecule has 1 aliphatic rings. The van der Waals surface area contributed by atoms with Crippen molar-refractivity contribution < 1.29 is 13.2 Å². The molecule has 2 aromatic rings. The Morgan fingerprint density at radius 1 is 1.25 bits per heavy atom. The molecule has 0 saturated carbocycles. The first-order valence-corrected chi connectivity index (χ1v) is 7.90. The maximum Gasteiger partial charge on any atom is 0.389 e. The Morgan fingerprint density at radius 3 is 2.62 bits per heavy atom. The highest BCUT2D eigenvalue weighted by atomic mass is 19.4. The van der Waals surface area contributed by atoms with E-state index >= 15 is 0 Å². The van der Waals surface area contributed by atoms with E-state index in [1.165, 1.54) is 6.20 Å². The summed E-state index contributed by atoms with van der Waals surface area (Å²) in [6.07, 6.45) is -0.144. The van der Waals surface area contributed by atoms with Crippen molar-refractivity contribution in [1.29, 1.82) is 0 Å². The Balaban J connectivity index is 1.61.